The Morgan fingerprint density at radius 3 is 2.41 bits per heavy atom. The maximum Gasteiger partial charge on any atom is 0.279 e. The third-order valence-corrected chi connectivity index (χ3v) is 3.61. The van der Waals surface area contributed by atoms with Crippen molar-refractivity contribution >= 4 is 22.6 Å². The Morgan fingerprint density at radius 2 is 1.88 bits per heavy atom. The third kappa shape index (κ3) is 9.75. The molecule has 0 atom stereocenters. The molecule has 0 heterocycles. The highest BCUT2D eigenvalue weighted by atomic mass is 35.5. The van der Waals surface area contributed by atoms with Gasteiger partial charge >= 0.3 is 0 Å². The molecule has 0 fully saturated rings. The summed E-state index contributed by atoms with van der Waals surface area (Å²) in [7, 11) is -0.284. The highest BCUT2D eigenvalue weighted by Crippen LogP contribution is 1.92. The fourth-order valence-corrected chi connectivity index (χ4v) is 1.92. The molecule has 0 aliphatic heterocycles. The minimum atomic E-state index is -3.36. The van der Waals surface area contributed by atoms with Crippen LogP contribution < -0.4 is 10.0 Å². The van der Waals surface area contributed by atoms with Crippen LogP contribution >= 0.6 is 12.4 Å². The number of methoxy groups -OCH3 is 1. The molecule has 8 heteroatoms. The Bertz CT molecular complexity index is 262. The number of hydrogen-bond acceptors (Lipinski definition) is 4. The standard InChI is InChI=1S/C9H23N3O3S.ClH/c1-4-5-10-6-7-11-16(13,14)12(2)8-9-15-3;/h10-11H,4-9H2,1-3H3;1H. The molecule has 6 nitrogen and oxygen atoms in total. The number of nitrogens with zero attached hydrogens (tertiary/aromatic N) is 1. The summed E-state index contributed by atoms with van der Waals surface area (Å²) in [5.41, 5.74) is 0. The second-order valence-electron chi connectivity index (χ2n) is 3.46. The van der Waals surface area contributed by atoms with E-state index in [1.807, 2.05) is 0 Å². The average Bonchev–Trinajstić information content (AvgIpc) is 2.25. The van der Waals surface area contributed by atoms with Crippen LogP contribution in [0.3, 0.4) is 0 Å². The van der Waals surface area contributed by atoms with Gasteiger partial charge in [-0.25, -0.2) is 4.72 Å². The maximum absolute atomic E-state index is 11.6. The van der Waals surface area contributed by atoms with Gasteiger partial charge in [-0.1, -0.05) is 6.92 Å². The molecule has 0 radical (unpaired) electrons. The second-order valence-corrected chi connectivity index (χ2v) is 5.33. The molecule has 0 unspecified atom stereocenters. The maximum atomic E-state index is 11.6. The molecular weight excluding hydrogens is 266 g/mol. The topological polar surface area (TPSA) is 70.7 Å². The van der Waals surface area contributed by atoms with Crippen molar-refractivity contribution in [3.8, 4) is 0 Å². The van der Waals surface area contributed by atoms with E-state index in [9.17, 15) is 8.42 Å². The van der Waals surface area contributed by atoms with Crippen molar-refractivity contribution in [2.45, 2.75) is 13.3 Å². The zero-order valence-corrected chi connectivity index (χ0v) is 12.4. The van der Waals surface area contributed by atoms with E-state index in [4.69, 9.17) is 4.74 Å². The van der Waals surface area contributed by atoms with Crippen molar-refractivity contribution in [3.05, 3.63) is 0 Å². The average molecular weight is 290 g/mol. The van der Waals surface area contributed by atoms with Crippen LogP contribution in [0.4, 0.5) is 0 Å². The summed E-state index contributed by atoms with van der Waals surface area (Å²) in [6.45, 7) is 4.77. The molecule has 17 heavy (non-hydrogen) atoms. The zero-order valence-electron chi connectivity index (χ0n) is 10.7. The van der Waals surface area contributed by atoms with Crippen LogP contribution in [0.25, 0.3) is 0 Å². The third-order valence-electron chi connectivity index (χ3n) is 2.03. The van der Waals surface area contributed by atoms with Crippen molar-refractivity contribution in [3.63, 3.8) is 0 Å². The number of hydrogen-bond donors (Lipinski definition) is 2. The predicted octanol–water partition coefficient (Wildman–Crippen LogP) is -0.180. The molecule has 0 saturated heterocycles. The number of ether oxygens (including phenoxy) is 1. The van der Waals surface area contributed by atoms with Gasteiger partial charge in [0.05, 0.1) is 6.61 Å². The molecule has 0 saturated carbocycles. The lowest BCUT2D eigenvalue weighted by molar-refractivity contribution is 0.184. The first-order valence-electron chi connectivity index (χ1n) is 5.45. The summed E-state index contributed by atoms with van der Waals surface area (Å²) in [6.07, 6.45) is 1.04. The fraction of sp³-hybridized carbons (Fsp3) is 1.00. The van der Waals surface area contributed by atoms with Crippen molar-refractivity contribution < 1.29 is 13.2 Å². The van der Waals surface area contributed by atoms with Gasteiger partial charge in [0.1, 0.15) is 0 Å². The van der Waals surface area contributed by atoms with Gasteiger partial charge < -0.3 is 10.1 Å². The van der Waals surface area contributed by atoms with Gasteiger partial charge in [0.25, 0.3) is 10.2 Å². The van der Waals surface area contributed by atoms with E-state index in [0.29, 0.717) is 26.2 Å². The Kier molecular flexibility index (Phi) is 12.8. The quantitative estimate of drug-likeness (QED) is 0.548. The number of halogens is 1. The van der Waals surface area contributed by atoms with Crippen LogP contribution in [0, 0.1) is 0 Å². The lowest BCUT2D eigenvalue weighted by Crippen LogP contribution is -2.42. The SMILES string of the molecule is CCCNCCNS(=O)(=O)N(C)CCOC.Cl. The largest absolute Gasteiger partial charge is 0.383 e. The summed E-state index contributed by atoms with van der Waals surface area (Å²) in [6, 6.07) is 0. The first-order chi connectivity index (χ1) is 7.54. The van der Waals surface area contributed by atoms with E-state index < -0.39 is 10.2 Å². The van der Waals surface area contributed by atoms with Gasteiger partial charge in [0.15, 0.2) is 0 Å². The van der Waals surface area contributed by atoms with Gasteiger partial charge in [-0.2, -0.15) is 12.7 Å². The Morgan fingerprint density at radius 1 is 1.24 bits per heavy atom. The minimum Gasteiger partial charge on any atom is -0.383 e. The Balaban J connectivity index is 0. The normalized spacial score (nSPS) is 11.5. The van der Waals surface area contributed by atoms with Crippen LogP contribution in [-0.4, -0.2) is 59.7 Å². The van der Waals surface area contributed by atoms with Gasteiger partial charge in [-0.15, -0.1) is 12.4 Å². The van der Waals surface area contributed by atoms with E-state index in [-0.39, 0.29) is 12.4 Å². The summed E-state index contributed by atoms with van der Waals surface area (Å²) < 4.78 is 31.8. The predicted molar refractivity (Wildman–Crippen MR) is 71.8 cm³/mol. The molecule has 2 N–H and O–H groups in total. The highest BCUT2D eigenvalue weighted by molar-refractivity contribution is 7.87. The minimum absolute atomic E-state index is 0. The Hall–Kier alpha value is 0.0800. The van der Waals surface area contributed by atoms with E-state index in [1.165, 1.54) is 11.4 Å². The molecule has 0 bridgehead atoms. The molecule has 0 rings (SSSR count). The van der Waals surface area contributed by atoms with E-state index in [1.54, 1.807) is 7.11 Å². The van der Waals surface area contributed by atoms with Gasteiger partial charge in [0, 0.05) is 33.8 Å². The van der Waals surface area contributed by atoms with Crippen molar-refractivity contribution in [2.24, 2.45) is 0 Å². The second kappa shape index (κ2) is 11.2. The highest BCUT2D eigenvalue weighted by Gasteiger charge is 2.15. The molecule has 0 aliphatic rings. The number of rotatable bonds is 10. The lowest BCUT2D eigenvalue weighted by atomic mass is 10.5. The summed E-state index contributed by atoms with van der Waals surface area (Å²) in [5, 5.41) is 3.12. The van der Waals surface area contributed by atoms with Gasteiger partial charge in [-0.3, -0.25) is 0 Å². The first kappa shape index (κ1) is 19.4. The van der Waals surface area contributed by atoms with Crippen LogP contribution in [0.5, 0.6) is 0 Å². The molecule has 0 aromatic heterocycles. The smallest absolute Gasteiger partial charge is 0.279 e. The summed E-state index contributed by atoms with van der Waals surface area (Å²) >= 11 is 0. The fourth-order valence-electron chi connectivity index (χ4n) is 1.02. The van der Waals surface area contributed by atoms with E-state index in [2.05, 4.69) is 17.0 Å². The van der Waals surface area contributed by atoms with Crippen LogP contribution in [0.15, 0.2) is 0 Å². The van der Waals surface area contributed by atoms with Gasteiger partial charge in [-0.05, 0) is 13.0 Å². The zero-order chi connectivity index (χ0) is 12.4. The summed E-state index contributed by atoms with van der Waals surface area (Å²) in [4.78, 5) is 0. The van der Waals surface area contributed by atoms with E-state index >= 15 is 0 Å². The molecule has 0 spiro atoms. The molecular formula is C9H24ClN3O3S. The van der Waals surface area contributed by atoms with Gasteiger partial charge in [0.2, 0.25) is 0 Å². The first-order valence-corrected chi connectivity index (χ1v) is 6.89. The number of nitrogens with one attached hydrogen (secondary N) is 2. The van der Waals surface area contributed by atoms with Crippen LogP contribution in [0.2, 0.25) is 0 Å². The monoisotopic (exact) mass is 289 g/mol. The molecule has 0 aromatic rings. The molecule has 0 aliphatic carbocycles. The Labute approximate surface area is 111 Å². The molecule has 0 aromatic carbocycles. The van der Waals surface area contributed by atoms with E-state index in [0.717, 1.165) is 13.0 Å². The van der Waals surface area contributed by atoms with Crippen molar-refractivity contribution in [2.75, 3.05) is 46.9 Å². The summed E-state index contributed by atoms with van der Waals surface area (Å²) in [5.74, 6) is 0. The number of likely N-dealkylation sites (N-methyl/N-ethyl adjacent to an activating group) is 1. The van der Waals surface area contributed by atoms with Crippen molar-refractivity contribution in [1.29, 1.82) is 0 Å². The molecule has 0 amide bonds. The lowest BCUT2D eigenvalue weighted by Gasteiger charge is -2.17. The van der Waals surface area contributed by atoms with Crippen LogP contribution in [-0.2, 0) is 14.9 Å². The molecule has 106 valence electrons. The van der Waals surface area contributed by atoms with Crippen molar-refractivity contribution in [1.82, 2.24) is 14.3 Å². The van der Waals surface area contributed by atoms with Crippen LogP contribution in [0.1, 0.15) is 13.3 Å².